The molecule has 8 heteroatoms. The number of aliphatic hydroxyl groups is 1. The van der Waals surface area contributed by atoms with Crippen LogP contribution >= 0.6 is 24.0 Å². The molecule has 170 valence electrons. The minimum Gasteiger partial charge on any atom is -0.485 e. The molecule has 1 aliphatic heterocycles. The van der Waals surface area contributed by atoms with Gasteiger partial charge in [0.1, 0.15) is 23.2 Å². The maximum atomic E-state index is 11.4. The zero-order valence-corrected chi connectivity index (χ0v) is 19.5. The van der Waals surface area contributed by atoms with Crippen molar-refractivity contribution in [3.05, 3.63) is 58.6 Å². The number of hydrogen-bond donors (Lipinski definition) is 2. The number of esters is 1. The highest BCUT2D eigenvalue weighted by atomic mass is 35.5. The van der Waals surface area contributed by atoms with E-state index in [9.17, 15) is 9.90 Å². The van der Waals surface area contributed by atoms with E-state index in [2.05, 4.69) is 5.32 Å². The lowest BCUT2D eigenvalue weighted by molar-refractivity contribution is -0.145. The molecule has 2 N–H and O–H groups in total. The average molecular weight is 470 g/mol. The molecule has 0 bridgehead atoms. The third-order valence-electron chi connectivity index (χ3n) is 5.07. The van der Waals surface area contributed by atoms with Gasteiger partial charge < -0.3 is 24.6 Å². The molecule has 2 aromatic rings. The molecule has 0 fully saturated rings. The molecule has 0 spiro atoms. The summed E-state index contributed by atoms with van der Waals surface area (Å²) in [7, 11) is 0. The van der Waals surface area contributed by atoms with Gasteiger partial charge in [0, 0.05) is 10.6 Å². The van der Waals surface area contributed by atoms with Crippen LogP contribution in [0.2, 0.25) is 5.02 Å². The zero-order chi connectivity index (χ0) is 21.7. The largest absolute Gasteiger partial charge is 0.485 e. The zero-order valence-electron chi connectivity index (χ0n) is 17.9. The van der Waals surface area contributed by atoms with E-state index in [0.29, 0.717) is 29.7 Å². The highest BCUT2D eigenvalue weighted by Crippen LogP contribution is 2.40. The molecule has 0 saturated heterocycles. The molecule has 2 aromatic carbocycles. The van der Waals surface area contributed by atoms with Crippen LogP contribution < -0.4 is 14.8 Å². The third-order valence-corrected chi connectivity index (χ3v) is 5.31. The first-order chi connectivity index (χ1) is 14.3. The summed E-state index contributed by atoms with van der Waals surface area (Å²) in [6.07, 6.45) is 0.0656. The molecule has 0 radical (unpaired) electrons. The lowest BCUT2D eigenvalue weighted by Crippen LogP contribution is -2.52. The molecule has 1 aliphatic rings. The molecule has 0 aliphatic carbocycles. The van der Waals surface area contributed by atoms with Crippen LogP contribution in [-0.2, 0) is 16.0 Å². The number of hydrogen-bond acceptors (Lipinski definition) is 6. The van der Waals surface area contributed by atoms with Crippen molar-refractivity contribution in [3.8, 4) is 11.5 Å². The van der Waals surface area contributed by atoms with Gasteiger partial charge in [-0.05, 0) is 63.6 Å². The topological polar surface area (TPSA) is 77.0 Å². The summed E-state index contributed by atoms with van der Waals surface area (Å²) in [6, 6.07) is 12.8. The molecule has 3 rings (SSSR count). The minimum atomic E-state index is -0.729. The van der Waals surface area contributed by atoms with Gasteiger partial charge in [-0.3, -0.25) is 0 Å². The molecule has 1 heterocycles. The van der Waals surface area contributed by atoms with Crippen molar-refractivity contribution in [1.82, 2.24) is 5.32 Å². The molecular formula is C23H29Cl2NO5. The first-order valence-corrected chi connectivity index (χ1v) is 10.4. The Kier molecular flexibility index (Phi) is 9.01. The van der Waals surface area contributed by atoms with Crippen molar-refractivity contribution in [3.63, 3.8) is 0 Å². The van der Waals surface area contributed by atoms with Gasteiger partial charge in [-0.2, -0.15) is 0 Å². The Morgan fingerprint density at radius 2 is 1.94 bits per heavy atom. The number of aliphatic hydroxyl groups excluding tert-OH is 1. The van der Waals surface area contributed by atoms with E-state index in [0.717, 1.165) is 17.5 Å². The highest BCUT2D eigenvalue weighted by Gasteiger charge is 2.42. The summed E-state index contributed by atoms with van der Waals surface area (Å²) in [6.45, 7) is 6.40. The molecule has 0 aromatic heterocycles. The van der Waals surface area contributed by atoms with Crippen LogP contribution in [0.1, 0.15) is 37.9 Å². The number of benzene rings is 2. The van der Waals surface area contributed by atoms with Crippen molar-refractivity contribution in [2.45, 2.75) is 44.9 Å². The predicted octanol–water partition coefficient (Wildman–Crippen LogP) is 4.11. The number of carbonyl (C=O) groups is 1. The van der Waals surface area contributed by atoms with Gasteiger partial charge in [0.25, 0.3) is 0 Å². The Hall–Kier alpha value is -1.99. The average Bonchev–Trinajstić information content (AvgIpc) is 2.70. The lowest BCUT2D eigenvalue weighted by Gasteiger charge is -2.42. The van der Waals surface area contributed by atoms with Crippen LogP contribution in [0.4, 0.5) is 0 Å². The Balaban J connectivity index is 0.00000341. The molecule has 0 amide bonds. The number of halogens is 2. The van der Waals surface area contributed by atoms with Gasteiger partial charge in [-0.1, -0.05) is 29.8 Å². The summed E-state index contributed by atoms with van der Waals surface area (Å²) in [5, 5.41) is 14.9. The molecular weight excluding hydrogens is 441 g/mol. The monoisotopic (exact) mass is 469 g/mol. The van der Waals surface area contributed by atoms with E-state index < -0.39 is 11.7 Å². The van der Waals surface area contributed by atoms with Gasteiger partial charge in [0.2, 0.25) is 0 Å². The van der Waals surface area contributed by atoms with Crippen molar-refractivity contribution in [2.24, 2.45) is 0 Å². The van der Waals surface area contributed by atoms with Crippen molar-refractivity contribution in [2.75, 3.05) is 19.8 Å². The summed E-state index contributed by atoms with van der Waals surface area (Å²) < 4.78 is 16.2. The maximum absolute atomic E-state index is 11.4. The highest BCUT2D eigenvalue weighted by molar-refractivity contribution is 6.30. The van der Waals surface area contributed by atoms with E-state index >= 15 is 0 Å². The van der Waals surface area contributed by atoms with E-state index in [1.165, 1.54) is 0 Å². The number of carbonyl (C=O) groups excluding carboxylic acids is 1. The van der Waals surface area contributed by atoms with E-state index in [-0.39, 0.29) is 31.0 Å². The fraction of sp³-hybridized carbons (Fsp3) is 0.435. The first-order valence-electron chi connectivity index (χ1n) is 10.1. The van der Waals surface area contributed by atoms with Crippen LogP contribution in [-0.4, -0.2) is 42.5 Å². The summed E-state index contributed by atoms with van der Waals surface area (Å²) in [5.74, 6) is 0.927. The SMILES string of the molecule is CCOC(=O)COc1ccc(CCNC2c3ccc(Cl)cc3OC(C)(C)C2O)cc1.Cl. The predicted molar refractivity (Wildman–Crippen MR) is 122 cm³/mol. The lowest BCUT2D eigenvalue weighted by atomic mass is 9.86. The van der Waals surface area contributed by atoms with Crippen LogP contribution in [0.3, 0.4) is 0 Å². The fourth-order valence-electron chi connectivity index (χ4n) is 3.46. The fourth-order valence-corrected chi connectivity index (χ4v) is 3.62. The minimum absolute atomic E-state index is 0. The second-order valence-electron chi connectivity index (χ2n) is 7.75. The quantitative estimate of drug-likeness (QED) is 0.566. The standard InChI is InChI=1S/C23H28ClNO5.ClH/c1-4-28-20(26)14-29-17-8-5-15(6-9-17)11-12-25-21-18-10-7-16(24)13-19(18)30-23(2,3)22(21)27;/h5-10,13,21-22,25,27H,4,11-12,14H2,1-3H3;1H. The molecule has 2 unspecified atom stereocenters. The second kappa shape index (κ2) is 11.0. The Morgan fingerprint density at radius 1 is 1.23 bits per heavy atom. The van der Waals surface area contributed by atoms with E-state index in [1.807, 2.05) is 44.2 Å². The molecule has 0 saturated carbocycles. The van der Waals surface area contributed by atoms with E-state index in [4.69, 9.17) is 25.8 Å². The number of nitrogens with one attached hydrogen (secondary N) is 1. The van der Waals surface area contributed by atoms with Crippen LogP contribution in [0.15, 0.2) is 42.5 Å². The van der Waals surface area contributed by atoms with Crippen molar-refractivity contribution >= 4 is 30.0 Å². The molecule has 31 heavy (non-hydrogen) atoms. The Morgan fingerprint density at radius 3 is 2.61 bits per heavy atom. The Labute approximate surface area is 194 Å². The van der Waals surface area contributed by atoms with Gasteiger partial charge in [-0.15, -0.1) is 12.4 Å². The van der Waals surface area contributed by atoms with Gasteiger partial charge in [0.15, 0.2) is 6.61 Å². The normalized spacial score (nSPS) is 18.9. The molecule has 6 nitrogen and oxygen atoms in total. The summed E-state index contributed by atoms with van der Waals surface area (Å²) in [4.78, 5) is 11.4. The van der Waals surface area contributed by atoms with Crippen LogP contribution in [0.25, 0.3) is 0 Å². The van der Waals surface area contributed by atoms with Crippen LogP contribution in [0.5, 0.6) is 11.5 Å². The van der Waals surface area contributed by atoms with Crippen molar-refractivity contribution < 1.29 is 24.1 Å². The third kappa shape index (κ3) is 6.50. The smallest absolute Gasteiger partial charge is 0.344 e. The van der Waals surface area contributed by atoms with E-state index in [1.54, 1.807) is 19.1 Å². The van der Waals surface area contributed by atoms with Gasteiger partial charge in [0.05, 0.1) is 12.6 Å². The maximum Gasteiger partial charge on any atom is 0.344 e. The number of rotatable bonds is 8. The first kappa shape index (κ1) is 25.3. The van der Waals surface area contributed by atoms with Gasteiger partial charge >= 0.3 is 5.97 Å². The van der Waals surface area contributed by atoms with Gasteiger partial charge in [-0.25, -0.2) is 4.79 Å². The van der Waals surface area contributed by atoms with Crippen LogP contribution in [0, 0.1) is 0 Å². The number of ether oxygens (including phenoxy) is 3. The number of fused-ring (bicyclic) bond motifs is 1. The summed E-state index contributed by atoms with van der Waals surface area (Å²) >= 11 is 6.11. The second-order valence-corrected chi connectivity index (χ2v) is 8.19. The summed E-state index contributed by atoms with van der Waals surface area (Å²) in [5.41, 5.74) is 1.28. The van der Waals surface area contributed by atoms with Crippen molar-refractivity contribution in [1.29, 1.82) is 0 Å². The Bertz CT molecular complexity index is 873. The molecule has 2 atom stereocenters.